The van der Waals surface area contributed by atoms with Crippen LogP contribution in [0.15, 0.2) is 114 Å². The first-order chi connectivity index (χ1) is 18.1. The molecule has 0 aliphatic heterocycles. The zero-order valence-electron chi connectivity index (χ0n) is 20.8. The van der Waals surface area contributed by atoms with Crippen LogP contribution in [0.25, 0.3) is 11.0 Å². The fraction of sp³-hybridized carbons (Fsp3) is 0.194. The van der Waals surface area contributed by atoms with Gasteiger partial charge in [-0.15, -0.1) is 0 Å². The number of benzene rings is 4. The lowest BCUT2D eigenvalue weighted by Gasteiger charge is -2.41. The maximum absolute atomic E-state index is 6.31. The third-order valence-electron chi connectivity index (χ3n) is 6.76. The Morgan fingerprint density at radius 3 is 1.92 bits per heavy atom. The van der Waals surface area contributed by atoms with E-state index in [1.807, 2.05) is 12.1 Å². The van der Waals surface area contributed by atoms with Crippen molar-refractivity contribution >= 4 is 34.3 Å². The van der Waals surface area contributed by atoms with Crippen LogP contribution in [0, 0.1) is 0 Å². The fourth-order valence-electron chi connectivity index (χ4n) is 4.71. The second-order valence-electron chi connectivity index (χ2n) is 8.98. The molecule has 6 heteroatoms. The Hall–Kier alpha value is -3.25. The third kappa shape index (κ3) is 5.26. The van der Waals surface area contributed by atoms with Gasteiger partial charge in [0, 0.05) is 10.3 Å². The summed E-state index contributed by atoms with van der Waals surface area (Å²) in [5.41, 5.74) is 3.52. The summed E-state index contributed by atoms with van der Waals surface area (Å²) in [4.78, 5) is 0. The molecular formula is C31H29ClN2O2S. The lowest BCUT2D eigenvalue weighted by atomic mass is 9.76. The minimum absolute atomic E-state index is 0.0402. The molecule has 1 heterocycles. The van der Waals surface area contributed by atoms with Crippen molar-refractivity contribution in [2.45, 2.75) is 23.8 Å². The van der Waals surface area contributed by atoms with Crippen LogP contribution in [0.4, 0.5) is 0 Å². The molecule has 1 N–H and O–H groups in total. The standard InChI is InChI=1S/C31H29ClN2O2S/c1-22(37-2)28(21-35-30-27-20-26(32)18-19-29(27)36-34-30)33-31(23-12-6-3-7-13-23,24-14-8-4-9-15-24)25-16-10-5-11-17-25/h3-20,22,28,33H,21H2,1-2H3. The Labute approximate surface area is 227 Å². The summed E-state index contributed by atoms with van der Waals surface area (Å²) in [7, 11) is 0. The lowest BCUT2D eigenvalue weighted by Crippen LogP contribution is -2.54. The number of nitrogens with zero attached hydrogens (tertiary/aromatic N) is 1. The lowest BCUT2D eigenvalue weighted by molar-refractivity contribution is 0.225. The predicted molar refractivity (Wildman–Crippen MR) is 154 cm³/mol. The van der Waals surface area contributed by atoms with Crippen LogP contribution >= 0.6 is 23.4 Å². The highest BCUT2D eigenvalue weighted by Gasteiger charge is 2.39. The zero-order valence-corrected chi connectivity index (χ0v) is 22.4. The van der Waals surface area contributed by atoms with Crippen LogP contribution < -0.4 is 10.1 Å². The van der Waals surface area contributed by atoms with E-state index < -0.39 is 5.54 Å². The number of halogens is 1. The van der Waals surface area contributed by atoms with E-state index in [2.05, 4.69) is 115 Å². The summed E-state index contributed by atoms with van der Waals surface area (Å²) in [5.74, 6) is 0.447. The Bertz CT molecular complexity index is 1330. The number of thioether (sulfide) groups is 1. The first-order valence-electron chi connectivity index (χ1n) is 12.3. The van der Waals surface area contributed by atoms with Gasteiger partial charge in [-0.2, -0.15) is 11.8 Å². The van der Waals surface area contributed by atoms with Gasteiger partial charge in [-0.1, -0.05) is 110 Å². The number of fused-ring (bicyclic) bond motifs is 1. The molecule has 5 aromatic rings. The first-order valence-corrected chi connectivity index (χ1v) is 13.9. The van der Waals surface area contributed by atoms with Gasteiger partial charge in [0.25, 0.3) is 5.88 Å². The molecule has 2 unspecified atom stereocenters. The maximum Gasteiger partial charge on any atom is 0.262 e. The number of nitrogens with one attached hydrogen (secondary N) is 1. The van der Waals surface area contributed by atoms with Gasteiger partial charge >= 0.3 is 0 Å². The van der Waals surface area contributed by atoms with Crippen LogP contribution in [0.3, 0.4) is 0 Å². The Balaban J connectivity index is 1.58. The quantitative estimate of drug-likeness (QED) is 0.189. The number of hydrogen-bond donors (Lipinski definition) is 1. The van der Waals surface area contributed by atoms with E-state index in [1.165, 1.54) is 0 Å². The van der Waals surface area contributed by atoms with Crippen molar-refractivity contribution in [1.82, 2.24) is 10.5 Å². The van der Waals surface area contributed by atoms with Crippen molar-refractivity contribution in [3.8, 4) is 5.88 Å². The van der Waals surface area contributed by atoms with E-state index in [0.29, 0.717) is 23.1 Å². The highest BCUT2D eigenvalue weighted by atomic mass is 35.5. The van der Waals surface area contributed by atoms with Crippen LogP contribution in [0.1, 0.15) is 23.6 Å². The maximum atomic E-state index is 6.31. The van der Waals surface area contributed by atoms with Crippen molar-refractivity contribution in [3.05, 3.63) is 131 Å². The first kappa shape index (κ1) is 25.4. The van der Waals surface area contributed by atoms with Crippen molar-refractivity contribution < 1.29 is 9.26 Å². The molecule has 0 bridgehead atoms. The summed E-state index contributed by atoms with van der Waals surface area (Å²) in [6.07, 6.45) is 2.12. The van der Waals surface area contributed by atoms with Gasteiger partial charge in [0.2, 0.25) is 0 Å². The predicted octanol–water partition coefficient (Wildman–Crippen LogP) is 7.56. The number of ether oxygens (including phenoxy) is 1. The highest BCUT2D eigenvalue weighted by Crippen LogP contribution is 2.38. The van der Waals surface area contributed by atoms with Gasteiger partial charge < -0.3 is 9.26 Å². The van der Waals surface area contributed by atoms with Gasteiger partial charge in [-0.05, 0) is 46.3 Å². The molecule has 188 valence electrons. The van der Waals surface area contributed by atoms with Gasteiger partial charge in [0.15, 0.2) is 5.58 Å². The molecule has 0 radical (unpaired) electrons. The van der Waals surface area contributed by atoms with Crippen molar-refractivity contribution in [1.29, 1.82) is 0 Å². The van der Waals surface area contributed by atoms with Gasteiger partial charge in [0.05, 0.1) is 17.0 Å². The average Bonchev–Trinajstić information content (AvgIpc) is 3.36. The highest BCUT2D eigenvalue weighted by molar-refractivity contribution is 7.99. The SMILES string of the molecule is CSC(C)C(COc1noc2ccc(Cl)cc12)NC(c1ccccc1)(c1ccccc1)c1ccccc1. The molecule has 37 heavy (non-hydrogen) atoms. The molecule has 5 rings (SSSR count). The van der Waals surface area contributed by atoms with Crippen LogP contribution in [0.5, 0.6) is 5.88 Å². The van der Waals surface area contributed by atoms with Crippen LogP contribution in [-0.4, -0.2) is 29.3 Å². The van der Waals surface area contributed by atoms with Gasteiger partial charge in [0.1, 0.15) is 6.61 Å². The molecule has 1 aromatic heterocycles. The number of aromatic nitrogens is 1. The molecule has 2 atom stereocenters. The van der Waals surface area contributed by atoms with Gasteiger partial charge in [-0.3, -0.25) is 5.32 Å². The minimum atomic E-state index is -0.600. The molecule has 4 aromatic carbocycles. The van der Waals surface area contributed by atoms with E-state index in [4.69, 9.17) is 20.9 Å². The molecule has 0 aliphatic carbocycles. The van der Waals surface area contributed by atoms with Crippen molar-refractivity contribution in [2.75, 3.05) is 12.9 Å². The number of hydrogen-bond acceptors (Lipinski definition) is 5. The van der Waals surface area contributed by atoms with E-state index in [-0.39, 0.29) is 11.3 Å². The summed E-state index contributed by atoms with van der Waals surface area (Å²) in [6.45, 7) is 2.61. The second kappa shape index (κ2) is 11.4. The third-order valence-corrected chi connectivity index (χ3v) is 8.07. The normalized spacial score (nSPS) is 13.4. The summed E-state index contributed by atoms with van der Waals surface area (Å²) in [6, 6.07) is 37.2. The van der Waals surface area contributed by atoms with Crippen LogP contribution in [0.2, 0.25) is 5.02 Å². The molecule has 0 saturated carbocycles. The molecule has 0 aliphatic rings. The fourth-order valence-corrected chi connectivity index (χ4v) is 5.36. The smallest absolute Gasteiger partial charge is 0.262 e. The van der Waals surface area contributed by atoms with Crippen LogP contribution in [-0.2, 0) is 5.54 Å². The molecule has 0 saturated heterocycles. The summed E-state index contributed by atoms with van der Waals surface area (Å²) in [5, 5.41) is 9.85. The molecule has 0 fully saturated rings. The second-order valence-corrected chi connectivity index (χ2v) is 10.6. The van der Waals surface area contributed by atoms with E-state index in [9.17, 15) is 0 Å². The summed E-state index contributed by atoms with van der Waals surface area (Å²) >= 11 is 8.03. The van der Waals surface area contributed by atoms with Gasteiger partial charge in [-0.25, -0.2) is 0 Å². The molecule has 0 spiro atoms. The Morgan fingerprint density at radius 1 is 0.865 bits per heavy atom. The van der Waals surface area contributed by atoms with Crippen molar-refractivity contribution in [2.24, 2.45) is 0 Å². The minimum Gasteiger partial charge on any atom is -0.473 e. The Kier molecular flexibility index (Phi) is 7.85. The summed E-state index contributed by atoms with van der Waals surface area (Å²) < 4.78 is 11.8. The number of rotatable bonds is 10. The van der Waals surface area contributed by atoms with Crippen molar-refractivity contribution in [3.63, 3.8) is 0 Å². The monoisotopic (exact) mass is 528 g/mol. The van der Waals surface area contributed by atoms with E-state index in [1.54, 1.807) is 17.8 Å². The average molecular weight is 529 g/mol. The largest absolute Gasteiger partial charge is 0.473 e. The molecule has 4 nitrogen and oxygen atoms in total. The zero-order chi connectivity index (χ0) is 25.7. The molecular weight excluding hydrogens is 500 g/mol. The molecule has 0 amide bonds. The topological polar surface area (TPSA) is 47.3 Å². The van der Waals surface area contributed by atoms with E-state index in [0.717, 1.165) is 22.1 Å². The van der Waals surface area contributed by atoms with E-state index >= 15 is 0 Å². The Morgan fingerprint density at radius 2 is 1.41 bits per heavy atom.